The fourth-order valence-electron chi connectivity index (χ4n) is 2.52. The summed E-state index contributed by atoms with van der Waals surface area (Å²) >= 11 is 0. The number of carboxylic acids is 1. The van der Waals surface area contributed by atoms with Crippen LogP contribution in [0.25, 0.3) is 0 Å². The zero-order chi connectivity index (χ0) is 21.2. The van der Waals surface area contributed by atoms with Crippen LogP contribution in [0, 0.1) is 0 Å². The number of hydrogen-bond donors (Lipinski definition) is 4. The number of nitrogens with zero attached hydrogens (tertiary/aromatic N) is 1. The van der Waals surface area contributed by atoms with Crippen molar-refractivity contribution in [3.8, 4) is 0 Å². The van der Waals surface area contributed by atoms with E-state index in [9.17, 15) is 14.4 Å². The molecule has 1 aromatic heterocycles. The Labute approximate surface area is 167 Å². The lowest BCUT2D eigenvalue weighted by Gasteiger charge is -2.13. The molecule has 0 aliphatic carbocycles. The van der Waals surface area contributed by atoms with Crippen LogP contribution in [0.1, 0.15) is 22.8 Å². The van der Waals surface area contributed by atoms with Gasteiger partial charge in [0.15, 0.2) is 18.4 Å². The van der Waals surface area contributed by atoms with Crippen molar-refractivity contribution in [3.63, 3.8) is 0 Å². The van der Waals surface area contributed by atoms with Crippen molar-refractivity contribution in [1.82, 2.24) is 10.6 Å². The first-order valence-electron chi connectivity index (χ1n) is 9.00. The van der Waals surface area contributed by atoms with Crippen LogP contribution in [0.15, 0.2) is 54.9 Å². The number of amides is 2. The van der Waals surface area contributed by atoms with E-state index in [0.717, 1.165) is 5.56 Å². The number of benzene rings is 1. The summed E-state index contributed by atoms with van der Waals surface area (Å²) in [5.41, 5.74) is 1.32. The molecule has 0 fully saturated rings. The number of alkyl carbamates (subject to hydrolysis) is 1. The lowest BCUT2D eigenvalue weighted by molar-refractivity contribution is -0.727. The van der Waals surface area contributed by atoms with E-state index in [2.05, 4.69) is 10.6 Å². The van der Waals surface area contributed by atoms with E-state index >= 15 is 0 Å². The van der Waals surface area contributed by atoms with Crippen LogP contribution in [0.5, 0.6) is 0 Å². The molecule has 4 N–H and O–H groups in total. The predicted octanol–water partition coefficient (Wildman–Crippen LogP) is 0.464. The Morgan fingerprint density at radius 3 is 2.31 bits per heavy atom. The highest BCUT2D eigenvalue weighted by Crippen LogP contribution is 2.03. The zero-order valence-corrected chi connectivity index (χ0v) is 15.9. The molecule has 0 aliphatic rings. The van der Waals surface area contributed by atoms with Crippen LogP contribution < -0.4 is 15.2 Å². The summed E-state index contributed by atoms with van der Waals surface area (Å²) in [6.45, 7) is 1.12. The molecule has 2 aromatic rings. The minimum atomic E-state index is -1.38. The van der Waals surface area contributed by atoms with E-state index in [4.69, 9.17) is 14.9 Å². The van der Waals surface area contributed by atoms with Crippen LogP contribution in [-0.4, -0.2) is 46.9 Å². The maximum Gasteiger partial charge on any atom is 0.412 e. The second kappa shape index (κ2) is 10.8. The van der Waals surface area contributed by atoms with Gasteiger partial charge in [0.05, 0.1) is 12.2 Å². The summed E-state index contributed by atoms with van der Waals surface area (Å²) < 4.78 is 6.69. The predicted molar refractivity (Wildman–Crippen MR) is 102 cm³/mol. The number of aliphatic carboxylic acids is 1. The summed E-state index contributed by atoms with van der Waals surface area (Å²) in [6.07, 6.45) is 3.15. The molecule has 2 atom stereocenters. The number of carboxylic acid groups (broad SMARTS) is 1. The zero-order valence-electron chi connectivity index (χ0n) is 15.9. The molecule has 29 heavy (non-hydrogen) atoms. The van der Waals surface area contributed by atoms with Crippen molar-refractivity contribution >= 4 is 18.0 Å². The van der Waals surface area contributed by atoms with Crippen molar-refractivity contribution in [3.05, 3.63) is 66.0 Å². The van der Waals surface area contributed by atoms with Gasteiger partial charge < -0.3 is 25.6 Å². The van der Waals surface area contributed by atoms with Gasteiger partial charge in [-0.05, 0) is 18.9 Å². The largest absolute Gasteiger partial charge is 0.480 e. The second-order valence-electron chi connectivity index (χ2n) is 6.44. The van der Waals surface area contributed by atoms with Crippen molar-refractivity contribution in [2.45, 2.75) is 32.2 Å². The van der Waals surface area contributed by atoms with Gasteiger partial charge in [0, 0.05) is 18.2 Å². The third-order valence-electron chi connectivity index (χ3n) is 4.03. The molecule has 0 bridgehead atoms. The van der Waals surface area contributed by atoms with Crippen molar-refractivity contribution in [2.75, 3.05) is 6.61 Å². The number of ether oxygens (including phenoxy) is 1. The fourth-order valence-corrected chi connectivity index (χ4v) is 2.52. The number of hydrogen-bond acceptors (Lipinski definition) is 5. The third-order valence-corrected chi connectivity index (χ3v) is 4.03. The average molecular weight is 402 g/mol. The first-order chi connectivity index (χ1) is 13.9. The first kappa shape index (κ1) is 21.8. The molecule has 9 nitrogen and oxygen atoms in total. The molecule has 2 amide bonds. The number of aromatic nitrogens is 1. The van der Waals surface area contributed by atoms with Gasteiger partial charge >= 0.3 is 12.1 Å². The molecule has 2 rings (SSSR count). The minimum absolute atomic E-state index is 0.0554. The topological polar surface area (TPSA) is 129 Å². The fraction of sp³-hybridized carbons (Fsp3) is 0.300. The first-order valence-corrected chi connectivity index (χ1v) is 9.00. The van der Waals surface area contributed by atoms with Crippen LogP contribution in [0.3, 0.4) is 0 Å². The summed E-state index contributed by atoms with van der Waals surface area (Å²) in [5.74, 6) is -1.96. The number of carbonyl (C=O) groups is 3. The summed E-state index contributed by atoms with van der Waals surface area (Å²) in [7, 11) is 0. The molecular formula is C20H24N3O6+. The SMILES string of the molecule is C[C@@H](Cc1ccccc1)NC(=O)OC[n+]1ccc(C(=O)N[C@@H](CO)C(=O)O)cc1. The maximum atomic E-state index is 12.0. The van der Waals surface area contributed by atoms with Gasteiger partial charge in [-0.2, -0.15) is 4.57 Å². The van der Waals surface area contributed by atoms with Crippen LogP contribution in [0.4, 0.5) is 4.79 Å². The van der Waals surface area contributed by atoms with Gasteiger partial charge in [0.25, 0.3) is 12.6 Å². The van der Waals surface area contributed by atoms with Crippen molar-refractivity contribution in [2.24, 2.45) is 0 Å². The Hall–Kier alpha value is -3.46. The van der Waals surface area contributed by atoms with E-state index < -0.39 is 30.6 Å². The van der Waals surface area contributed by atoms with E-state index in [-0.39, 0.29) is 18.3 Å². The lowest BCUT2D eigenvalue weighted by Crippen LogP contribution is -2.44. The molecule has 9 heteroatoms. The molecule has 0 aliphatic heterocycles. The van der Waals surface area contributed by atoms with E-state index in [1.807, 2.05) is 37.3 Å². The number of rotatable bonds is 9. The molecule has 1 heterocycles. The highest BCUT2D eigenvalue weighted by molar-refractivity contribution is 5.96. The Morgan fingerprint density at radius 1 is 1.07 bits per heavy atom. The number of aliphatic hydroxyl groups is 1. The maximum absolute atomic E-state index is 12.0. The Balaban J connectivity index is 1.79. The molecule has 154 valence electrons. The Morgan fingerprint density at radius 2 is 1.72 bits per heavy atom. The smallest absolute Gasteiger partial charge is 0.412 e. The highest BCUT2D eigenvalue weighted by Gasteiger charge is 2.20. The average Bonchev–Trinajstić information content (AvgIpc) is 2.71. The molecule has 1 aromatic carbocycles. The Bertz CT molecular complexity index is 826. The molecule has 0 saturated carbocycles. The second-order valence-corrected chi connectivity index (χ2v) is 6.44. The van der Waals surface area contributed by atoms with E-state index in [0.29, 0.717) is 6.42 Å². The molecule has 0 spiro atoms. The normalized spacial score (nSPS) is 12.5. The van der Waals surface area contributed by atoms with Gasteiger partial charge in [0.2, 0.25) is 0 Å². The number of aliphatic hydroxyl groups excluding tert-OH is 1. The molecule has 0 unspecified atom stereocenters. The molecule has 0 radical (unpaired) electrons. The van der Waals surface area contributed by atoms with Crippen molar-refractivity contribution < 1.29 is 33.9 Å². The molecule has 0 saturated heterocycles. The number of nitrogens with one attached hydrogen (secondary N) is 2. The highest BCUT2D eigenvalue weighted by atomic mass is 16.6. The lowest BCUT2D eigenvalue weighted by atomic mass is 10.1. The quantitative estimate of drug-likeness (QED) is 0.451. The standard InChI is InChI=1S/C20H23N3O6/c1-14(11-15-5-3-2-4-6-15)21-20(28)29-13-23-9-7-16(8-10-23)18(25)22-17(12-24)19(26)27/h2-10,14,17,24H,11-13H2,1H3,(H2-,21,22,25,26,27,28)/p+1/t14-,17-/m0/s1. The number of pyridine rings is 1. The van der Waals surface area contributed by atoms with Gasteiger partial charge in [-0.3, -0.25) is 4.79 Å². The minimum Gasteiger partial charge on any atom is -0.480 e. The van der Waals surface area contributed by atoms with E-state index in [1.165, 1.54) is 24.5 Å². The summed E-state index contributed by atoms with van der Waals surface area (Å²) in [6, 6.07) is 11.2. The van der Waals surface area contributed by atoms with Crippen molar-refractivity contribution in [1.29, 1.82) is 0 Å². The molecular weight excluding hydrogens is 378 g/mol. The summed E-state index contributed by atoms with van der Waals surface area (Å²) in [4.78, 5) is 34.7. The van der Waals surface area contributed by atoms with E-state index in [1.54, 1.807) is 4.57 Å². The van der Waals surface area contributed by atoms with Crippen LogP contribution in [0.2, 0.25) is 0 Å². The Kier molecular flexibility index (Phi) is 8.11. The van der Waals surface area contributed by atoms with Crippen LogP contribution >= 0.6 is 0 Å². The number of carbonyl (C=O) groups excluding carboxylic acids is 2. The summed E-state index contributed by atoms with van der Waals surface area (Å²) in [5, 5.41) is 22.7. The van der Waals surface area contributed by atoms with Gasteiger partial charge in [0.1, 0.15) is 0 Å². The van der Waals surface area contributed by atoms with Gasteiger partial charge in [-0.15, -0.1) is 0 Å². The van der Waals surface area contributed by atoms with Crippen LogP contribution in [-0.2, 0) is 22.7 Å². The van der Waals surface area contributed by atoms with Gasteiger partial charge in [-0.1, -0.05) is 30.3 Å². The van der Waals surface area contributed by atoms with Gasteiger partial charge in [-0.25, -0.2) is 9.59 Å². The monoisotopic (exact) mass is 402 g/mol. The third kappa shape index (κ3) is 7.23.